The molecule has 0 saturated carbocycles. The van der Waals surface area contributed by atoms with E-state index in [2.05, 4.69) is 0 Å². The van der Waals surface area contributed by atoms with Crippen LogP contribution in [0.1, 0.15) is 25.7 Å². The van der Waals surface area contributed by atoms with Crippen LogP contribution in [0.25, 0.3) is 0 Å². The Morgan fingerprint density at radius 1 is 0.800 bits per heavy atom. The molecule has 92 valence electrons. The van der Waals surface area contributed by atoms with Gasteiger partial charge in [0.15, 0.2) is 0 Å². The Morgan fingerprint density at radius 3 is 1.53 bits per heavy atom. The number of aliphatic hydroxyl groups excluding tert-OH is 4. The van der Waals surface area contributed by atoms with Gasteiger partial charge in [-0.25, -0.2) is 0 Å². The number of thioether (sulfide) groups is 1. The van der Waals surface area contributed by atoms with Crippen LogP contribution >= 0.6 is 11.8 Å². The molecule has 0 rings (SSSR count). The van der Waals surface area contributed by atoms with Gasteiger partial charge in [0, 0.05) is 24.7 Å². The molecule has 0 bridgehead atoms. The van der Waals surface area contributed by atoms with Gasteiger partial charge in [0.25, 0.3) is 0 Å². The van der Waals surface area contributed by atoms with Gasteiger partial charge in [0.05, 0.1) is 12.2 Å². The second-order valence-corrected chi connectivity index (χ2v) is 4.65. The zero-order valence-corrected chi connectivity index (χ0v) is 9.83. The molecule has 0 fully saturated rings. The maximum atomic E-state index is 9.42. The van der Waals surface area contributed by atoms with E-state index in [0.717, 1.165) is 0 Å². The smallest absolute Gasteiger partial charge is 0.0631 e. The van der Waals surface area contributed by atoms with Crippen LogP contribution in [0.2, 0.25) is 0 Å². The van der Waals surface area contributed by atoms with Gasteiger partial charge < -0.3 is 20.4 Å². The number of hydrogen-bond acceptors (Lipinski definition) is 5. The summed E-state index contributed by atoms with van der Waals surface area (Å²) in [5.74, 6) is 1.19. The summed E-state index contributed by atoms with van der Waals surface area (Å²) < 4.78 is 0. The highest BCUT2D eigenvalue weighted by atomic mass is 32.2. The van der Waals surface area contributed by atoms with E-state index in [9.17, 15) is 10.2 Å². The van der Waals surface area contributed by atoms with Gasteiger partial charge in [0.2, 0.25) is 0 Å². The van der Waals surface area contributed by atoms with Gasteiger partial charge in [-0.3, -0.25) is 0 Å². The van der Waals surface area contributed by atoms with E-state index in [0.29, 0.717) is 37.2 Å². The number of hydrogen-bond donors (Lipinski definition) is 4. The van der Waals surface area contributed by atoms with Crippen molar-refractivity contribution in [2.75, 3.05) is 24.7 Å². The molecule has 4 nitrogen and oxygen atoms in total. The lowest BCUT2D eigenvalue weighted by molar-refractivity contribution is 0.166. The molecule has 15 heavy (non-hydrogen) atoms. The summed E-state index contributed by atoms with van der Waals surface area (Å²) in [6, 6.07) is 0. The first-order valence-corrected chi connectivity index (χ1v) is 6.51. The van der Waals surface area contributed by atoms with Crippen molar-refractivity contribution in [3.8, 4) is 0 Å². The molecule has 5 heteroatoms. The zero-order chi connectivity index (χ0) is 11.5. The van der Waals surface area contributed by atoms with E-state index < -0.39 is 12.2 Å². The molecule has 0 radical (unpaired) electrons. The van der Waals surface area contributed by atoms with E-state index in [1.807, 2.05) is 0 Å². The molecule has 0 aromatic heterocycles. The summed E-state index contributed by atoms with van der Waals surface area (Å²) in [4.78, 5) is 0. The zero-order valence-electron chi connectivity index (χ0n) is 9.01. The normalized spacial score (nSPS) is 15.2. The van der Waals surface area contributed by atoms with Gasteiger partial charge in [-0.1, -0.05) is 0 Å². The van der Waals surface area contributed by atoms with E-state index in [4.69, 9.17) is 10.2 Å². The average molecular weight is 238 g/mol. The fourth-order valence-electron chi connectivity index (χ4n) is 1.16. The molecule has 0 aliphatic rings. The maximum absolute atomic E-state index is 9.42. The molecule has 0 aromatic carbocycles. The minimum Gasteiger partial charge on any atom is -0.396 e. The van der Waals surface area contributed by atoms with Crippen molar-refractivity contribution in [3.05, 3.63) is 0 Å². The van der Waals surface area contributed by atoms with Crippen LogP contribution in [-0.2, 0) is 0 Å². The van der Waals surface area contributed by atoms with Crippen LogP contribution in [0.4, 0.5) is 0 Å². The molecule has 0 saturated heterocycles. The minimum atomic E-state index is -0.396. The van der Waals surface area contributed by atoms with Crippen molar-refractivity contribution in [3.63, 3.8) is 0 Å². The average Bonchev–Trinajstić information content (AvgIpc) is 2.23. The van der Waals surface area contributed by atoms with Crippen LogP contribution < -0.4 is 0 Å². The summed E-state index contributed by atoms with van der Waals surface area (Å²) in [5, 5.41) is 35.9. The number of rotatable bonds is 10. The van der Waals surface area contributed by atoms with Crippen molar-refractivity contribution in [1.82, 2.24) is 0 Å². The molecule has 0 aliphatic heterocycles. The highest BCUT2D eigenvalue weighted by Gasteiger charge is 2.07. The van der Waals surface area contributed by atoms with Gasteiger partial charge in [0.1, 0.15) is 0 Å². The lowest BCUT2D eigenvalue weighted by Crippen LogP contribution is -2.15. The van der Waals surface area contributed by atoms with Crippen molar-refractivity contribution in [2.24, 2.45) is 0 Å². The van der Waals surface area contributed by atoms with Crippen molar-refractivity contribution in [2.45, 2.75) is 37.9 Å². The van der Waals surface area contributed by atoms with Gasteiger partial charge in [-0.15, -0.1) is 0 Å². The first kappa shape index (κ1) is 15.2. The molecule has 0 aliphatic carbocycles. The lowest BCUT2D eigenvalue weighted by Gasteiger charge is -2.12. The van der Waals surface area contributed by atoms with Crippen molar-refractivity contribution >= 4 is 11.8 Å². The highest BCUT2D eigenvalue weighted by Crippen LogP contribution is 2.11. The second kappa shape index (κ2) is 10.7. The second-order valence-electron chi connectivity index (χ2n) is 3.58. The van der Waals surface area contributed by atoms with Crippen LogP contribution in [-0.4, -0.2) is 57.4 Å². The molecule has 0 aromatic rings. The summed E-state index contributed by atoms with van der Waals surface area (Å²) >= 11 is 1.51. The molecular weight excluding hydrogens is 216 g/mol. The largest absolute Gasteiger partial charge is 0.396 e. The molecular formula is C10H22O4S. The third-order valence-electron chi connectivity index (χ3n) is 2.01. The lowest BCUT2D eigenvalue weighted by atomic mass is 10.2. The Kier molecular flexibility index (Phi) is 10.8. The van der Waals surface area contributed by atoms with E-state index in [1.165, 1.54) is 11.8 Å². The van der Waals surface area contributed by atoms with E-state index >= 15 is 0 Å². The van der Waals surface area contributed by atoms with Gasteiger partial charge in [-0.05, 0) is 25.7 Å². The predicted octanol–water partition coefficient (Wildman–Crippen LogP) is -0.0136. The fourth-order valence-corrected chi connectivity index (χ4v) is 2.17. The first-order valence-electron chi connectivity index (χ1n) is 5.36. The summed E-state index contributed by atoms with van der Waals surface area (Å²) in [6.07, 6.45) is 1.66. The molecule has 0 amide bonds. The highest BCUT2D eigenvalue weighted by molar-refractivity contribution is 7.99. The fraction of sp³-hybridized carbons (Fsp3) is 1.00. The maximum Gasteiger partial charge on any atom is 0.0631 e. The molecule has 2 atom stereocenters. The topological polar surface area (TPSA) is 80.9 Å². The van der Waals surface area contributed by atoms with Gasteiger partial charge >= 0.3 is 0 Å². The number of aliphatic hydroxyl groups is 4. The Labute approximate surface area is 95.3 Å². The molecule has 2 unspecified atom stereocenters. The quantitative estimate of drug-likeness (QED) is 0.430. The first-order chi connectivity index (χ1) is 7.20. The van der Waals surface area contributed by atoms with E-state index in [1.54, 1.807) is 0 Å². The Morgan fingerprint density at radius 2 is 1.20 bits per heavy atom. The predicted molar refractivity (Wildman–Crippen MR) is 62.0 cm³/mol. The van der Waals surface area contributed by atoms with Crippen LogP contribution in [0.15, 0.2) is 0 Å². The summed E-state index contributed by atoms with van der Waals surface area (Å²) in [6.45, 7) is 0.224. The van der Waals surface area contributed by atoms with Crippen LogP contribution in [0.3, 0.4) is 0 Å². The third-order valence-corrected chi connectivity index (χ3v) is 3.25. The molecule has 0 spiro atoms. The minimum absolute atomic E-state index is 0.112. The van der Waals surface area contributed by atoms with Crippen LogP contribution in [0.5, 0.6) is 0 Å². The van der Waals surface area contributed by atoms with Crippen molar-refractivity contribution < 1.29 is 20.4 Å². The molecule has 0 heterocycles. The Hall–Kier alpha value is 0.190. The monoisotopic (exact) mass is 238 g/mol. The van der Waals surface area contributed by atoms with Gasteiger partial charge in [-0.2, -0.15) is 11.8 Å². The Bertz CT molecular complexity index is 121. The van der Waals surface area contributed by atoms with E-state index in [-0.39, 0.29) is 13.2 Å². The summed E-state index contributed by atoms with van der Waals surface area (Å²) in [7, 11) is 0. The summed E-state index contributed by atoms with van der Waals surface area (Å²) in [5.41, 5.74) is 0. The Balaban J connectivity index is 3.27. The van der Waals surface area contributed by atoms with Crippen molar-refractivity contribution in [1.29, 1.82) is 0 Å². The SMILES string of the molecule is OCCCC(O)CSCC(O)CCCO. The molecule has 4 N–H and O–H groups in total. The van der Waals surface area contributed by atoms with Crippen LogP contribution in [0, 0.1) is 0 Å². The third kappa shape index (κ3) is 10.5. The standard InChI is InChI=1S/C10H22O4S/c11-5-1-3-9(13)7-15-8-10(14)4-2-6-12/h9-14H,1-8H2.